The van der Waals surface area contributed by atoms with Crippen molar-refractivity contribution in [3.63, 3.8) is 0 Å². The molecule has 0 saturated heterocycles. The van der Waals surface area contributed by atoms with E-state index in [0.29, 0.717) is 28.6 Å². The van der Waals surface area contributed by atoms with Gasteiger partial charge in [0.25, 0.3) is 0 Å². The number of rotatable bonds is 7. The summed E-state index contributed by atoms with van der Waals surface area (Å²) < 4.78 is 27.7. The number of thiophene rings is 1. The second kappa shape index (κ2) is 6.13. The minimum absolute atomic E-state index is 0.394. The maximum absolute atomic E-state index is 12.3. The minimum atomic E-state index is -3.34. The van der Waals surface area contributed by atoms with Gasteiger partial charge in [-0.25, -0.2) is 13.1 Å². The van der Waals surface area contributed by atoms with E-state index in [1.165, 1.54) is 11.3 Å². The van der Waals surface area contributed by atoms with E-state index in [9.17, 15) is 8.42 Å². The summed E-state index contributed by atoms with van der Waals surface area (Å²) in [6, 6.07) is 2.17. The number of hydrogen-bond acceptors (Lipinski definition) is 4. The van der Waals surface area contributed by atoms with Crippen LogP contribution in [-0.2, 0) is 16.6 Å². The lowest BCUT2D eigenvalue weighted by Crippen LogP contribution is -2.25. The molecule has 1 saturated carbocycles. The third kappa shape index (κ3) is 4.04. The van der Waals surface area contributed by atoms with Gasteiger partial charge in [0.1, 0.15) is 4.21 Å². The first-order valence-corrected chi connectivity index (χ1v) is 9.42. The van der Waals surface area contributed by atoms with Crippen LogP contribution in [0.4, 0.5) is 0 Å². The van der Waals surface area contributed by atoms with Gasteiger partial charge in [0.05, 0.1) is 0 Å². The Labute approximate surface area is 126 Å². The highest BCUT2D eigenvalue weighted by molar-refractivity contribution is 7.91. The highest BCUT2D eigenvalue weighted by Crippen LogP contribution is 2.37. The van der Waals surface area contributed by atoms with E-state index in [1.54, 1.807) is 6.07 Å². The van der Waals surface area contributed by atoms with Crippen molar-refractivity contribution in [1.82, 2.24) is 10.0 Å². The molecule has 1 heterocycles. The molecule has 114 valence electrons. The van der Waals surface area contributed by atoms with Crippen LogP contribution in [0.2, 0.25) is 0 Å². The monoisotopic (exact) mass is 316 g/mol. The molecule has 1 aliphatic rings. The number of sulfonamides is 1. The predicted octanol–water partition coefficient (Wildman–Crippen LogP) is 2.49. The van der Waals surface area contributed by atoms with Gasteiger partial charge in [-0.15, -0.1) is 11.3 Å². The lowest BCUT2D eigenvalue weighted by atomic mass is 10.3. The molecule has 0 aromatic carbocycles. The molecule has 1 aromatic rings. The van der Waals surface area contributed by atoms with E-state index >= 15 is 0 Å². The Morgan fingerprint density at radius 3 is 2.65 bits per heavy atom. The first-order chi connectivity index (χ1) is 9.29. The smallest absolute Gasteiger partial charge is 0.250 e. The van der Waals surface area contributed by atoms with E-state index < -0.39 is 10.0 Å². The second-order valence-corrected chi connectivity index (χ2v) is 9.16. The second-order valence-electron chi connectivity index (χ2n) is 6.03. The molecule has 0 aliphatic heterocycles. The maximum Gasteiger partial charge on any atom is 0.250 e. The summed E-state index contributed by atoms with van der Waals surface area (Å²) in [5, 5.41) is 3.33. The molecule has 2 unspecified atom stereocenters. The zero-order valence-corrected chi connectivity index (χ0v) is 14.2. The first-order valence-electron chi connectivity index (χ1n) is 7.12. The van der Waals surface area contributed by atoms with Crippen LogP contribution in [0.25, 0.3) is 0 Å². The van der Waals surface area contributed by atoms with E-state index in [2.05, 4.69) is 30.8 Å². The third-order valence-electron chi connectivity index (χ3n) is 3.75. The zero-order chi connectivity index (χ0) is 14.9. The van der Waals surface area contributed by atoms with E-state index in [4.69, 9.17) is 0 Å². The Hall–Kier alpha value is -0.430. The molecule has 6 heteroatoms. The Bertz CT molecular complexity index is 564. The van der Waals surface area contributed by atoms with Crippen molar-refractivity contribution in [2.45, 2.75) is 50.9 Å². The number of hydrogen-bond donors (Lipinski definition) is 2. The summed E-state index contributed by atoms with van der Waals surface area (Å²) >= 11 is 1.37. The zero-order valence-electron chi connectivity index (χ0n) is 12.6. The van der Waals surface area contributed by atoms with Gasteiger partial charge in [-0.2, -0.15) is 0 Å². The van der Waals surface area contributed by atoms with Crippen LogP contribution in [0.3, 0.4) is 0 Å². The molecule has 1 fully saturated rings. The fraction of sp³-hybridized carbons (Fsp3) is 0.714. The Morgan fingerprint density at radius 1 is 1.45 bits per heavy atom. The molecule has 0 amide bonds. The first kappa shape index (κ1) is 15.9. The maximum atomic E-state index is 12.3. The lowest BCUT2D eigenvalue weighted by Gasteiger charge is -2.06. The summed E-state index contributed by atoms with van der Waals surface area (Å²) in [6.45, 7) is 9.58. The molecule has 2 atom stereocenters. The summed E-state index contributed by atoms with van der Waals surface area (Å²) in [5.74, 6) is 1.18. The summed E-state index contributed by atoms with van der Waals surface area (Å²) in [4.78, 5) is 1.10. The van der Waals surface area contributed by atoms with Gasteiger partial charge in [-0.1, -0.05) is 20.8 Å². The molecular weight excluding hydrogens is 292 g/mol. The van der Waals surface area contributed by atoms with Gasteiger partial charge in [0.15, 0.2) is 0 Å². The summed E-state index contributed by atoms with van der Waals surface area (Å²) in [7, 11) is -3.34. The standard InChI is InChI=1S/C14H24N2O2S2/c1-9(2)15-8-13-11(4)6-14(19-13)20(17,18)16-7-12-5-10(12)3/h6,9-10,12,15-16H,5,7-8H2,1-4H3. The van der Waals surface area contributed by atoms with Crippen molar-refractivity contribution < 1.29 is 8.42 Å². The normalized spacial score (nSPS) is 22.4. The van der Waals surface area contributed by atoms with Crippen LogP contribution in [0.5, 0.6) is 0 Å². The van der Waals surface area contributed by atoms with E-state index in [1.807, 2.05) is 6.92 Å². The number of aryl methyl sites for hydroxylation is 1. The van der Waals surface area contributed by atoms with Crippen LogP contribution in [-0.4, -0.2) is 21.0 Å². The van der Waals surface area contributed by atoms with Crippen LogP contribution < -0.4 is 10.0 Å². The van der Waals surface area contributed by atoms with Gasteiger partial charge in [-0.3, -0.25) is 0 Å². The molecule has 4 nitrogen and oxygen atoms in total. The van der Waals surface area contributed by atoms with Crippen LogP contribution >= 0.6 is 11.3 Å². The Kier molecular flexibility index (Phi) is 4.89. The van der Waals surface area contributed by atoms with Crippen molar-refractivity contribution >= 4 is 21.4 Å². The van der Waals surface area contributed by atoms with Crippen LogP contribution in [0.15, 0.2) is 10.3 Å². The minimum Gasteiger partial charge on any atom is -0.310 e. The Balaban J connectivity index is 2.01. The molecule has 0 spiro atoms. The summed E-state index contributed by atoms with van der Waals surface area (Å²) in [6.07, 6.45) is 1.13. The molecule has 2 N–H and O–H groups in total. The number of nitrogens with one attached hydrogen (secondary N) is 2. The summed E-state index contributed by atoms with van der Waals surface area (Å²) in [5.41, 5.74) is 1.04. The van der Waals surface area contributed by atoms with E-state index in [-0.39, 0.29) is 0 Å². The van der Waals surface area contributed by atoms with Gasteiger partial charge in [-0.05, 0) is 36.8 Å². The fourth-order valence-electron chi connectivity index (χ4n) is 2.06. The molecular formula is C14H24N2O2S2. The van der Waals surface area contributed by atoms with Gasteiger partial charge < -0.3 is 5.32 Å². The quantitative estimate of drug-likeness (QED) is 0.812. The fourth-order valence-corrected chi connectivity index (χ4v) is 4.74. The lowest BCUT2D eigenvalue weighted by molar-refractivity contribution is 0.576. The molecule has 1 aromatic heterocycles. The third-order valence-corrected chi connectivity index (χ3v) is 6.88. The average molecular weight is 316 g/mol. The van der Waals surface area contributed by atoms with Crippen molar-refractivity contribution in [2.24, 2.45) is 11.8 Å². The largest absolute Gasteiger partial charge is 0.310 e. The van der Waals surface area contributed by atoms with Gasteiger partial charge in [0, 0.05) is 24.0 Å². The highest BCUT2D eigenvalue weighted by Gasteiger charge is 2.33. The topological polar surface area (TPSA) is 58.2 Å². The van der Waals surface area contributed by atoms with Crippen LogP contribution in [0.1, 0.15) is 37.6 Å². The molecule has 2 rings (SSSR count). The Morgan fingerprint density at radius 2 is 2.10 bits per heavy atom. The van der Waals surface area contributed by atoms with Gasteiger partial charge in [0.2, 0.25) is 10.0 Å². The molecule has 20 heavy (non-hydrogen) atoms. The highest BCUT2D eigenvalue weighted by atomic mass is 32.2. The van der Waals surface area contributed by atoms with Crippen LogP contribution in [0, 0.1) is 18.8 Å². The van der Waals surface area contributed by atoms with Crippen molar-refractivity contribution in [1.29, 1.82) is 0 Å². The predicted molar refractivity (Wildman–Crippen MR) is 83.5 cm³/mol. The average Bonchev–Trinajstić information content (AvgIpc) is 2.92. The van der Waals surface area contributed by atoms with E-state index in [0.717, 1.165) is 23.4 Å². The molecule has 0 radical (unpaired) electrons. The SMILES string of the molecule is Cc1cc(S(=O)(=O)NCC2CC2C)sc1CNC(C)C. The van der Waals surface area contributed by atoms with Gasteiger partial charge >= 0.3 is 0 Å². The van der Waals surface area contributed by atoms with Crippen molar-refractivity contribution in [3.8, 4) is 0 Å². The van der Waals surface area contributed by atoms with Crippen molar-refractivity contribution in [3.05, 3.63) is 16.5 Å². The molecule has 1 aliphatic carbocycles. The van der Waals surface area contributed by atoms with Crippen molar-refractivity contribution in [2.75, 3.05) is 6.54 Å². The molecule has 0 bridgehead atoms.